The first-order valence-electron chi connectivity index (χ1n) is 6.73. The van der Waals surface area contributed by atoms with Gasteiger partial charge in [0, 0.05) is 24.8 Å². The van der Waals surface area contributed by atoms with Gasteiger partial charge in [0.25, 0.3) is 0 Å². The van der Waals surface area contributed by atoms with Crippen LogP contribution in [0.3, 0.4) is 0 Å². The molecule has 0 unspecified atom stereocenters. The number of benzene rings is 1. The minimum absolute atomic E-state index is 0.260. The van der Waals surface area contributed by atoms with E-state index in [9.17, 15) is 4.79 Å². The van der Waals surface area contributed by atoms with Gasteiger partial charge in [-0.25, -0.2) is 0 Å². The van der Waals surface area contributed by atoms with E-state index >= 15 is 0 Å². The predicted octanol–water partition coefficient (Wildman–Crippen LogP) is 2.76. The van der Waals surface area contributed by atoms with E-state index < -0.39 is 0 Å². The number of ketones is 1. The summed E-state index contributed by atoms with van der Waals surface area (Å²) in [5.41, 5.74) is 2.04. The van der Waals surface area contributed by atoms with Crippen molar-refractivity contribution in [1.29, 1.82) is 0 Å². The number of carbonyl (C=O) groups excluding carboxylic acids is 1. The molecule has 3 nitrogen and oxygen atoms in total. The molecule has 1 aromatic rings. The summed E-state index contributed by atoms with van der Waals surface area (Å²) in [6.07, 6.45) is 4.81. The van der Waals surface area contributed by atoms with E-state index in [0.717, 1.165) is 55.8 Å². The molecule has 1 heterocycles. The van der Waals surface area contributed by atoms with Crippen LogP contribution in [0, 0.1) is 0 Å². The average molecular weight is 246 g/mol. The van der Waals surface area contributed by atoms with Crippen molar-refractivity contribution >= 4 is 5.78 Å². The lowest BCUT2D eigenvalue weighted by Crippen LogP contribution is -2.26. The fourth-order valence-electron chi connectivity index (χ4n) is 2.68. The number of carbonyl (C=O) groups is 1. The van der Waals surface area contributed by atoms with Gasteiger partial charge < -0.3 is 9.47 Å². The summed E-state index contributed by atoms with van der Waals surface area (Å²) in [5, 5.41) is 0. The Morgan fingerprint density at radius 1 is 1.17 bits per heavy atom. The molecule has 0 atom stereocenters. The van der Waals surface area contributed by atoms with Crippen LogP contribution in [0.25, 0.3) is 0 Å². The van der Waals surface area contributed by atoms with Crippen molar-refractivity contribution in [1.82, 2.24) is 0 Å². The van der Waals surface area contributed by atoms with E-state index in [2.05, 4.69) is 0 Å². The molecule has 0 N–H and O–H groups in total. The van der Waals surface area contributed by atoms with Crippen LogP contribution in [-0.4, -0.2) is 25.1 Å². The maximum atomic E-state index is 11.7. The zero-order valence-electron chi connectivity index (χ0n) is 10.5. The van der Waals surface area contributed by atoms with Crippen LogP contribution in [0.4, 0.5) is 0 Å². The molecule has 1 fully saturated rings. The van der Waals surface area contributed by atoms with Crippen LogP contribution in [0.1, 0.15) is 41.6 Å². The third-order valence-corrected chi connectivity index (χ3v) is 3.70. The third kappa shape index (κ3) is 2.41. The summed E-state index contributed by atoms with van der Waals surface area (Å²) < 4.78 is 11.3. The Morgan fingerprint density at radius 3 is 2.83 bits per heavy atom. The summed E-state index contributed by atoms with van der Waals surface area (Å²) in [6.45, 7) is 1.57. The molecule has 1 saturated heterocycles. The van der Waals surface area contributed by atoms with Crippen LogP contribution in [0.2, 0.25) is 0 Å². The first-order valence-corrected chi connectivity index (χ1v) is 6.73. The molecule has 2 aliphatic rings. The van der Waals surface area contributed by atoms with Crippen molar-refractivity contribution < 1.29 is 14.3 Å². The normalized spacial score (nSPS) is 20.6. The first kappa shape index (κ1) is 11.7. The van der Waals surface area contributed by atoms with Crippen molar-refractivity contribution in [2.75, 3.05) is 13.2 Å². The molecular formula is C15H18O3. The molecule has 1 aromatic carbocycles. The lowest BCUT2D eigenvalue weighted by atomic mass is 9.90. The van der Waals surface area contributed by atoms with Crippen molar-refractivity contribution in [3.63, 3.8) is 0 Å². The maximum Gasteiger partial charge on any atom is 0.163 e. The number of hydrogen-bond donors (Lipinski definition) is 0. The van der Waals surface area contributed by atoms with Crippen molar-refractivity contribution in [2.24, 2.45) is 0 Å². The summed E-state index contributed by atoms with van der Waals surface area (Å²) in [4.78, 5) is 11.7. The SMILES string of the molecule is O=C1CCCc2cc(OC3CCOCC3)ccc21. The number of fused-ring (bicyclic) bond motifs is 1. The zero-order valence-corrected chi connectivity index (χ0v) is 10.5. The van der Waals surface area contributed by atoms with Crippen molar-refractivity contribution in [2.45, 2.75) is 38.2 Å². The quantitative estimate of drug-likeness (QED) is 0.805. The molecule has 3 heteroatoms. The minimum Gasteiger partial charge on any atom is -0.490 e. The Labute approximate surface area is 107 Å². The third-order valence-electron chi connectivity index (χ3n) is 3.70. The van der Waals surface area contributed by atoms with Crippen molar-refractivity contribution in [3.8, 4) is 5.75 Å². The van der Waals surface area contributed by atoms with E-state index in [1.54, 1.807) is 0 Å². The van der Waals surface area contributed by atoms with Gasteiger partial charge in [-0.15, -0.1) is 0 Å². The zero-order chi connectivity index (χ0) is 12.4. The fraction of sp³-hybridized carbons (Fsp3) is 0.533. The topological polar surface area (TPSA) is 35.5 Å². The second-order valence-electron chi connectivity index (χ2n) is 5.03. The number of hydrogen-bond acceptors (Lipinski definition) is 3. The van der Waals surface area contributed by atoms with Crippen LogP contribution < -0.4 is 4.74 Å². The molecule has 1 aliphatic heterocycles. The molecule has 0 saturated carbocycles. The number of ether oxygens (including phenoxy) is 2. The van der Waals surface area contributed by atoms with Crippen LogP contribution in [0.5, 0.6) is 5.75 Å². The minimum atomic E-state index is 0.260. The van der Waals surface area contributed by atoms with Gasteiger partial charge in [0.2, 0.25) is 0 Å². The van der Waals surface area contributed by atoms with Gasteiger partial charge in [-0.3, -0.25) is 4.79 Å². The van der Waals surface area contributed by atoms with Gasteiger partial charge in [-0.1, -0.05) is 0 Å². The van der Waals surface area contributed by atoms with E-state index in [1.807, 2.05) is 18.2 Å². The second-order valence-corrected chi connectivity index (χ2v) is 5.03. The van der Waals surface area contributed by atoms with Gasteiger partial charge >= 0.3 is 0 Å². The Bertz CT molecular complexity index is 447. The van der Waals surface area contributed by atoms with Gasteiger partial charge in [0.1, 0.15) is 11.9 Å². The van der Waals surface area contributed by atoms with Crippen LogP contribution in [0.15, 0.2) is 18.2 Å². The van der Waals surface area contributed by atoms with E-state index in [0.29, 0.717) is 6.42 Å². The highest BCUT2D eigenvalue weighted by Gasteiger charge is 2.19. The number of Topliss-reactive ketones (excluding diaryl/α,β-unsaturated/α-hetero) is 1. The fourth-order valence-corrected chi connectivity index (χ4v) is 2.68. The molecule has 3 rings (SSSR count). The van der Waals surface area contributed by atoms with Gasteiger partial charge in [-0.2, -0.15) is 0 Å². The molecule has 0 spiro atoms. The summed E-state index contributed by atoms with van der Waals surface area (Å²) >= 11 is 0. The Kier molecular flexibility index (Phi) is 3.33. The predicted molar refractivity (Wildman–Crippen MR) is 68.2 cm³/mol. The highest BCUT2D eigenvalue weighted by atomic mass is 16.5. The highest BCUT2D eigenvalue weighted by Crippen LogP contribution is 2.27. The van der Waals surface area contributed by atoms with Crippen molar-refractivity contribution in [3.05, 3.63) is 29.3 Å². The largest absolute Gasteiger partial charge is 0.490 e. The molecule has 1 aliphatic carbocycles. The second kappa shape index (κ2) is 5.11. The van der Waals surface area contributed by atoms with Gasteiger partial charge in [0.15, 0.2) is 5.78 Å². The van der Waals surface area contributed by atoms with Gasteiger partial charge in [0.05, 0.1) is 13.2 Å². The maximum absolute atomic E-state index is 11.7. The van der Waals surface area contributed by atoms with Gasteiger partial charge in [-0.05, 0) is 36.6 Å². The lowest BCUT2D eigenvalue weighted by Gasteiger charge is -2.24. The first-order chi connectivity index (χ1) is 8.83. The monoisotopic (exact) mass is 246 g/mol. The lowest BCUT2D eigenvalue weighted by molar-refractivity contribution is 0.0255. The molecule has 0 bridgehead atoms. The Balaban J connectivity index is 1.75. The molecule has 96 valence electrons. The Hall–Kier alpha value is -1.35. The van der Waals surface area contributed by atoms with E-state index in [-0.39, 0.29) is 11.9 Å². The van der Waals surface area contributed by atoms with Crippen LogP contribution in [-0.2, 0) is 11.2 Å². The summed E-state index contributed by atoms with van der Waals surface area (Å²) in [6, 6.07) is 5.89. The number of aryl methyl sites for hydroxylation is 1. The standard InChI is InChI=1S/C15H18O3/c16-15-3-1-2-11-10-13(4-5-14(11)15)18-12-6-8-17-9-7-12/h4-5,10,12H,1-3,6-9H2. The molecule has 0 aromatic heterocycles. The van der Waals surface area contributed by atoms with E-state index in [1.165, 1.54) is 0 Å². The molecular weight excluding hydrogens is 228 g/mol. The molecule has 18 heavy (non-hydrogen) atoms. The Morgan fingerprint density at radius 2 is 2.00 bits per heavy atom. The molecule has 0 radical (unpaired) electrons. The highest BCUT2D eigenvalue weighted by molar-refractivity contribution is 5.98. The number of rotatable bonds is 2. The molecule has 0 amide bonds. The smallest absolute Gasteiger partial charge is 0.163 e. The van der Waals surface area contributed by atoms with Crippen LogP contribution >= 0.6 is 0 Å². The summed E-state index contributed by atoms with van der Waals surface area (Å²) in [5.74, 6) is 1.17. The summed E-state index contributed by atoms with van der Waals surface area (Å²) in [7, 11) is 0. The average Bonchev–Trinajstić information content (AvgIpc) is 2.40. The van der Waals surface area contributed by atoms with E-state index in [4.69, 9.17) is 9.47 Å².